The van der Waals surface area contributed by atoms with E-state index in [-0.39, 0.29) is 17.9 Å². The summed E-state index contributed by atoms with van der Waals surface area (Å²) in [7, 11) is 0. The Balaban J connectivity index is 1.92. The molecule has 1 aliphatic heterocycles. The van der Waals surface area contributed by atoms with Gasteiger partial charge in [-0.15, -0.1) is 0 Å². The monoisotopic (exact) mass is 335 g/mol. The number of hydrogen-bond donors (Lipinski definition) is 2. The third-order valence-corrected chi connectivity index (χ3v) is 5.52. The van der Waals surface area contributed by atoms with Gasteiger partial charge in [0.05, 0.1) is 5.60 Å². The molecule has 0 radical (unpaired) electrons. The number of anilines is 2. The van der Waals surface area contributed by atoms with Crippen molar-refractivity contribution in [2.45, 2.75) is 46.5 Å². The summed E-state index contributed by atoms with van der Waals surface area (Å²) in [4.78, 5) is 4.50. The molecule has 1 aromatic heterocycles. The second-order valence-electron chi connectivity index (χ2n) is 7.99. The van der Waals surface area contributed by atoms with Crippen molar-refractivity contribution >= 4 is 30.1 Å². The second kappa shape index (κ2) is 6.30. The zero-order valence-corrected chi connectivity index (χ0v) is 15.7. The maximum atomic E-state index is 7.68. The van der Waals surface area contributed by atoms with E-state index in [0.29, 0.717) is 0 Å². The van der Waals surface area contributed by atoms with Crippen LogP contribution in [0.2, 0.25) is 6.32 Å². The third kappa shape index (κ3) is 3.47. The van der Waals surface area contributed by atoms with Crippen LogP contribution < -0.4 is 10.8 Å². The number of benzene rings is 1. The summed E-state index contributed by atoms with van der Waals surface area (Å²) in [6, 6.07) is 12.0. The molecule has 5 heteroatoms. The smallest absolute Gasteiger partial charge is 0.328 e. The van der Waals surface area contributed by atoms with Crippen LogP contribution in [0.5, 0.6) is 0 Å². The first-order chi connectivity index (χ1) is 11.7. The fourth-order valence-electron chi connectivity index (χ4n) is 3.21. The summed E-state index contributed by atoms with van der Waals surface area (Å²) in [6.07, 6.45) is 2.34. The molecule has 1 aliphatic rings. The Bertz CT molecular complexity index is 785. The van der Waals surface area contributed by atoms with Gasteiger partial charge in [0.25, 0.3) is 0 Å². The SMILES string of the molecule is Cc1cccc(Nc2cc(B3CC(C)(C)C(C)(C)O3)ccc2C=N)n1. The average molecular weight is 335 g/mol. The normalized spacial score (nSPS) is 18.2. The van der Waals surface area contributed by atoms with Gasteiger partial charge in [-0.1, -0.05) is 32.0 Å². The Morgan fingerprint density at radius 2 is 1.96 bits per heavy atom. The Kier molecular flexibility index (Phi) is 4.46. The van der Waals surface area contributed by atoms with Gasteiger partial charge in [0.1, 0.15) is 5.82 Å². The van der Waals surface area contributed by atoms with Gasteiger partial charge in [0.15, 0.2) is 0 Å². The lowest BCUT2D eigenvalue weighted by Crippen LogP contribution is -2.36. The molecule has 0 aliphatic carbocycles. The molecule has 2 aromatic rings. The van der Waals surface area contributed by atoms with Crippen LogP contribution in [0.25, 0.3) is 0 Å². The van der Waals surface area contributed by atoms with Gasteiger partial charge < -0.3 is 15.4 Å². The highest BCUT2D eigenvalue weighted by Gasteiger charge is 2.49. The maximum absolute atomic E-state index is 7.68. The van der Waals surface area contributed by atoms with Crippen LogP contribution in [0.1, 0.15) is 39.0 Å². The van der Waals surface area contributed by atoms with Gasteiger partial charge in [-0.2, -0.15) is 0 Å². The van der Waals surface area contributed by atoms with Crippen molar-refractivity contribution in [1.29, 1.82) is 5.41 Å². The second-order valence-corrected chi connectivity index (χ2v) is 7.99. The zero-order chi connectivity index (χ0) is 18.2. The minimum Gasteiger partial charge on any atom is -0.426 e. The van der Waals surface area contributed by atoms with Gasteiger partial charge in [-0.05, 0) is 56.2 Å². The summed E-state index contributed by atoms with van der Waals surface area (Å²) in [5, 5.41) is 11.0. The Labute approximate surface area is 150 Å². The number of nitrogens with one attached hydrogen (secondary N) is 2. The lowest BCUT2D eigenvalue weighted by molar-refractivity contribution is 0.0375. The Morgan fingerprint density at radius 1 is 1.20 bits per heavy atom. The van der Waals surface area contributed by atoms with Crippen LogP contribution in [-0.2, 0) is 4.65 Å². The lowest BCUT2D eigenvalue weighted by Gasteiger charge is -2.34. The molecule has 130 valence electrons. The van der Waals surface area contributed by atoms with Crippen molar-refractivity contribution in [1.82, 2.24) is 4.98 Å². The fraction of sp³-hybridized carbons (Fsp3) is 0.400. The van der Waals surface area contributed by atoms with E-state index in [0.717, 1.165) is 34.5 Å². The number of aryl methyl sites for hydroxylation is 1. The molecule has 0 spiro atoms. The molecule has 2 heterocycles. The van der Waals surface area contributed by atoms with Crippen molar-refractivity contribution in [3.63, 3.8) is 0 Å². The number of aromatic nitrogens is 1. The van der Waals surface area contributed by atoms with Crippen molar-refractivity contribution in [2.24, 2.45) is 5.41 Å². The van der Waals surface area contributed by atoms with E-state index in [1.165, 1.54) is 6.21 Å². The van der Waals surface area contributed by atoms with Crippen LogP contribution in [0.15, 0.2) is 36.4 Å². The largest absolute Gasteiger partial charge is 0.426 e. The Morgan fingerprint density at radius 3 is 2.56 bits per heavy atom. The fourth-order valence-corrected chi connectivity index (χ4v) is 3.21. The van der Waals surface area contributed by atoms with Crippen LogP contribution >= 0.6 is 0 Å². The molecule has 0 atom stereocenters. The Hall–Kier alpha value is -2.14. The first-order valence-corrected chi connectivity index (χ1v) is 8.75. The third-order valence-electron chi connectivity index (χ3n) is 5.52. The van der Waals surface area contributed by atoms with Crippen LogP contribution in [0, 0.1) is 17.7 Å². The highest BCUT2D eigenvalue weighted by molar-refractivity contribution is 6.68. The number of hydrogen-bond acceptors (Lipinski definition) is 4. The first kappa shape index (κ1) is 17.7. The summed E-state index contributed by atoms with van der Waals surface area (Å²) < 4.78 is 6.35. The molecular weight excluding hydrogens is 309 g/mol. The summed E-state index contributed by atoms with van der Waals surface area (Å²) in [5.74, 6) is 0.785. The molecule has 0 unspecified atom stereocenters. The van der Waals surface area contributed by atoms with Crippen molar-refractivity contribution in [3.8, 4) is 0 Å². The zero-order valence-electron chi connectivity index (χ0n) is 15.7. The topological polar surface area (TPSA) is 58.0 Å². The molecule has 4 nitrogen and oxygen atoms in total. The van der Waals surface area contributed by atoms with E-state index >= 15 is 0 Å². The minimum atomic E-state index is -0.163. The lowest BCUT2D eigenvalue weighted by atomic mass is 9.54. The predicted molar refractivity (Wildman–Crippen MR) is 106 cm³/mol. The highest BCUT2D eigenvalue weighted by Crippen LogP contribution is 2.45. The van der Waals surface area contributed by atoms with Crippen molar-refractivity contribution < 1.29 is 4.65 Å². The minimum absolute atomic E-state index is 0.0656. The van der Waals surface area contributed by atoms with Gasteiger partial charge >= 0.3 is 6.92 Å². The molecule has 0 bridgehead atoms. The standard InChI is InChI=1S/C20H26BN3O/c1-14-7-6-8-18(23-14)24-17-11-16(10-9-15(17)12-22)21-13-19(2,3)20(4,5)25-21/h6-12,22H,13H2,1-5H3,(H,23,24). The summed E-state index contributed by atoms with van der Waals surface area (Å²) in [6.45, 7) is 10.9. The average Bonchev–Trinajstić information content (AvgIpc) is 2.75. The van der Waals surface area contributed by atoms with Crippen LogP contribution in [0.4, 0.5) is 11.5 Å². The van der Waals surface area contributed by atoms with E-state index in [9.17, 15) is 0 Å². The summed E-state index contributed by atoms with van der Waals surface area (Å²) >= 11 is 0. The van der Waals surface area contributed by atoms with Gasteiger partial charge in [-0.3, -0.25) is 0 Å². The molecule has 1 aromatic carbocycles. The number of rotatable bonds is 4. The molecule has 0 amide bonds. The van der Waals surface area contributed by atoms with Crippen molar-refractivity contribution in [2.75, 3.05) is 5.32 Å². The molecule has 25 heavy (non-hydrogen) atoms. The molecule has 0 saturated carbocycles. The molecule has 1 fully saturated rings. The van der Waals surface area contributed by atoms with Gasteiger partial charge in [-0.25, -0.2) is 4.98 Å². The van der Waals surface area contributed by atoms with Crippen LogP contribution in [-0.4, -0.2) is 23.7 Å². The maximum Gasteiger partial charge on any atom is 0.328 e. The molecule has 2 N–H and O–H groups in total. The van der Waals surface area contributed by atoms with E-state index in [1.54, 1.807) is 0 Å². The van der Waals surface area contributed by atoms with Gasteiger partial charge in [0.2, 0.25) is 0 Å². The summed E-state index contributed by atoms with van der Waals surface area (Å²) in [5.41, 5.74) is 3.77. The quantitative estimate of drug-likeness (QED) is 0.651. The van der Waals surface area contributed by atoms with Crippen molar-refractivity contribution in [3.05, 3.63) is 47.7 Å². The first-order valence-electron chi connectivity index (χ1n) is 8.75. The highest BCUT2D eigenvalue weighted by atomic mass is 16.5. The molecule has 1 saturated heterocycles. The predicted octanol–water partition coefficient (Wildman–Crippen LogP) is 4.16. The molecular formula is C20H26BN3O. The molecule has 3 rings (SSSR count). The van der Waals surface area contributed by atoms with Crippen LogP contribution in [0.3, 0.4) is 0 Å². The van der Waals surface area contributed by atoms with E-state index < -0.39 is 0 Å². The van der Waals surface area contributed by atoms with E-state index in [1.807, 2.05) is 31.2 Å². The van der Waals surface area contributed by atoms with Gasteiger partial charge in [0, 0.05) is 23.2 Å². The number of nitrogens with zero attached hydrogens (tertiary/aromatic N) is 1. The number of pyridine rings is 1. The van der Waals surface area contributed by atoms with E-state index in [2.05, 4.69) is 50.1 Å². The van der Waals surface area contributed by atoms with E-state index in [4.69, 9.17) is 10.1 Å².